The van der Waals surface area contributed by atoms with Gasteiger partial charge >= 0.3 is 6.18 Å². The quantitative estimate of drug-likeness (QED) is 0.585. The van der Waals surface area contributed by atoms with Crippen LogP contribution in [0, 0.1) is 0 Å². The molecule has 3 rings (SSSR count). The number of nitrogens with zero attached hydrogens (tertiary/aromatic N) is 4. The maximum Gasteiger partial charge on any atom is 0.433 e. The molecular formula is C18H17F3N4O2. The SMILES string of the molecule is O=CC=CN1CCC(c2nccnc2Oc2ccc(C(F)(F)F)nc2)CC1. The van der Waals surface area contributed by atoms with Gasteiger partial charge in [0, 0.05) is 37.6 Å². The number of pyridine rings is 1. The van der Waals surface area contributed by atoms with Gasteiger partial charge in [0.25, 0.3) is 0 Å². The summed E-state index contributed by atoms with van der Waals surface area (Å²) in [7, 11) is 0. The molecule has 0 radical (unpaired) electrons. The van der Waals surface area contributed by atoms with Crippen LogP contribution in [0.4, 0.5) is 13.2 Å². The van der Waals surface area contributed by atoms with E-state index in [1.165, 1.54) is 18.3 Å². The van der Waals surface area contributed by atoms with Crippen molar-refractivity contribution in [1.29, 1.82) is 0 Å². The number of aromatic nitrogens is 3. The normalized spacial score (nSPS) is 15.9. The summed E-state index contributed by atoms with van der Waals surface area (Å²) in [6, 6.07) is 2.07. The molecule has 0 bridgehead atoms. The fourth-order valence-corrected chi connectivity index (χ4v) is 2.89. The minimum Gasteiger partial charge on any atom is -0.436 e. The van der Waals surface area contributed by atoms with Crippen molar-refractivity contribution >= 4 is 6.29 Å². The molecule has 0 atom stereocenters. The molecule has 6 nitrogen and oxygen atoms in total. The van der Waals surface area contributed by atoms with Gasteiger partial charge in [-0.3, -0.25) is 9.78 Å². The highest BCUT2D eigenvalue weighted by atomic mass is 19.4. The van der Waals surface area contributed by atoms with E-state index in [0.717, 1.165) is 44.5 Å². The fraction of sp³-hybridized carbons (Fsp3) is 0.333. The van der Waals surface area contributed by atoms with Crippen molar-refractivity contribution in [2.45, 2.75) is 24.9 Å². The Morgan fingerprint density at radius 1 is 1.11 bits per heavy atom. The van der Waals surface area contributed by atoms with Gasteiger partial charge in [-0.05, 0) is 31.1 Å². The van der Waals surface area contributed by atoms with Gasteiger partial charge in [0.15, 0.2) is 0 Å². The average Bonchev–Trinajstić information content (AvgIpc) is 2.67. The van der Waals surface area contributed by atoms with E-state index in [1.54, 1.807) is 12.4 Å². The smallest absolute Gasteiger partial charge is 0.433 e. The number of allylic oxidation sites excluding steroid dienone is 1. The minimum absolute atomic E-state index is 0.108. The molecule has 1 saturated heterocycles. The largest absolute Gasteiger partial charge is 0.436 e. The molecule has 0 unspecified atom stereocenters. The molecule has 27 heavy (non-hydrogen) atoms. The molecule has 9 heteroatoms. The third kappa shape index (κ3) is 4.81. The van der Waals surface area contributed by atoms with Crippen LogP contribution >= 0.6 is 0 Å². The lowest BCUT2D eigenvalue weighted by Gasteiger charge is -2.30. The van der Waals surface area contributed by atoms with Crippen molar-refractivity contribution in [3.05, 3.63) is 54.4 Å². The van der Waals surface area contributed by atoms with Crippen LogP contribution < -0.4 is 4.74 Å². The first kappa shape index (κ1) is 18.8. The molecular weight excluding hydrogens is 361 g/mol. The molecule has 0 aliphatic carbocycles. The second kappa shape index (κ2) is 8.15. The molecule has 0 N–H and O–H groups in total. The van der Waals surface area contributed by atoms with Gasteiger partial charge in [-0.15, -0.1) is 0 Å². The standard InChI is InChI=1S/C18H17F3N4O2/c19-18(20,21)15-3-2-14(12-24-15)27-17-16(22-6-7-23-17)13-4-9-25(10-5-13)8-1-11-26/h1-3,6-8,11-13H,4-5,9-10H2. The third-order valence-electron chi connectivity index (χ3n) is 4.22. The van der Waals surface area contributed by atoms with E-state index in [4.69, 9.17) is 4.74 Å². The van der Waals surface area contributed by atoms with Gasteiger partial charge in [-0.2, -0.15) is 13.2 Å². The number of hydrogen-bond donors (Lipinski definition) is 0. The summed E-state index contributed by atoms with van der Waals surface area (Å²) in [4.78, 5) is 24.4. The van der Waals surface area contributed by atoms with Gasteiger partial charge in [-0.1, -0.05) is 0 Å². The molecule has 1 fully saturated rings. The number of piperidine rings is 1. The Bertz CT molecular complexity index is 801. The topological polar surface area (TPSA) is 68.2 Å². The van der Waals surface area contributed by atoms with E-state index < -0.39 is 11.9 Å². The summed E-state index contributed by atoms with van der Waals surface area (Å²) in [5.74, 6) is 0.536. The highest BCUT2D eigenvalue weighted by molar-refractivity contribution is 5.64. The molecule has 0 aromatic carbocycles. The Labute approximate surface area is 153 Å². The van der Waals surface area contributed by atoms with Crippen LogP contribution in [-0.4, -0.2) is 39.2 Å². The molecule has 1 aliphatic heterocycles. The number of hydrogen-bond acceptors (Lipinski definition) is 6. The molecule has 2 aromatic rings. The summed E-state index contributed by atoms with van der Waals surface area (Å²) in [6.45, 7) is 1.51. The van der Waals surface area contributed by atoms with Crippen molar-refractivity contribution in [3.63, 3.8) is 0 Å². The lowest BCUT2D eigenvalue weighted by atomic mass is 9.93. The molecule has 0 amide bonds. The molecule has 2 aromatic heterocycles. The number of ether oxygens (including phenoxy) is 1. The van der Waals surface area contributed by atoms with Crippen LogP contribution in [-0.2, 0) is 11.0 Å². The molecule has 0 spiro atoms. The first-order valence-corrected chi connectivity index (χ1v) is 8.35. The number of likely N-dealkylation sites (tertiary alicyclic amines) is 1. The van der Waals surface area contributed by atoms with Gasteiger partial charge in [-0.25, -0.2) is 9.97 Å². The van der Waals surface area contributed by atoms with Gasteiger partial charge in [0.05, 0.1) is 6.20 Å². The Kier molecular flexibility index (Phi) is 5.68. The number of halogens is 3. The van der Waals surface area contributed by atoms with E-state index in [2.05, 4.69) is 15.0 Å². The predicted octanol–water partition coefficient (Wildman–Crippen LogP) is 3.57. The van der Waals surface area contributed by atoms with E-state index in [1.807, 2.05) is 4.90 Å². The monoisotopic (exact) mass is 378 g/mol. The number of rotatable bonds is 5. The minimum atomic E-state index is -4.50. The zero-order chi connectivity index (χ0) is 19.3. The first-order valence-electron chi connectivity index (χ1n) is 8.35. The zero-order valence-corrected chi connectivity index (χ0v) is 14.3. The Hall–Kier alpha value is -2.97. The maximum absolute atomic E-state index is 12.6. The highest BCUT2D eigenvalue weighted by Crippen LogP contribution is 2.34. The Balaban J connectivity index is 1.71. The second-order valence-corrected chi connectivity index (χ2v) is 6.01. The van der Waals surface area contributed by atoms with Crippen LogP contribution in [0.2, 0.25) is 0 Å². The maximum atomic E-state index is 12.6. The van der Waals surface area contributed by atoms with Crippen molar-refractivity contribution in [2.24, 2.45) is 0 Å². The van der Waals surface area contributed by atoms with Crippen LogP contribution in [0.1, 0.15) is 30.1 Å². The van der Waals surface area contributed by atoms with E-state index in [9.17, 15) is 18.0 Å². The Morgan fingerprint density at radius 2 is 1.85 bits per heavy atom. The lowest BCUT2D eigenvalue weighted by molar-refractivity contribution is -0.141. The van der Waals surface area contributed by atoms with Crippen LogP contribution in [0.15, 0.2) is 43.0 Å². The molecule has 0 saturated carbocycles. The zero-order valence-electron chi connectivity index (χ0n) is 14.3. The van der Waals surface area contributed by atoms with Gasteiger partial charge < -0.3 is 9.64 Å². The van der Waals surface area contributed by atoms with E-state index >= 15 is 0 Å². The average molecular weight is 378 g/mol. The van der Waals surface area contributed by atoms with Gasteiger partial charge in [0.1, 0.15) is 23.4 Å². The van der Waals surface area contributed by atoms with Crippen molar-refractivity contribution < 1.29 is 22.7 Å². The van der Waals surface area contributed by atoms with Crippen molar-refractivity contribution in [3.8, 4) is 11.6 Å². The summed E-state index contributed by atoms with van der Waals surface area (Å²) >= 11 is 0. The van der Waals surface area contributed by atoms with Gasteiger partial charge in [0.2, 0.25) is 5.88 Å². The number of aldehydes is 1. The molecule has 142 valence electrons. The van der Waals surface area contributed by atoms with E-state index in [0.29, 0.717) is 5.69 Å². The summed E-state index contributed by atoms with van der Waals surface area (Å²) in [6.07, 6.45) is 5.09. The fourth-order valence-electron chi connectivity index (χ4n) is 2.89. The number of carbonyl (C=O) groups is 1. The number of alkyl halides is 3. The third-order valence-corrected chi connectivity index (χ3v) is 4.22. The molecule has 1 aliphatic rings. The summed E-state index contributed by atoms with van der Waals surface area (Å²) in [5.41, 5.74) is -0.318. The number of carbonyl (C=O) groups excluding carboxylic acids is 1. The first-order chi connectivity index (χ1) is 13.0. The Morgan fingerprint density at radius 3 is 2.48 bits per heavy atom. The van der Waals surface area contributed by atoms with E-state index in [-0.39, 0.29) is 17.5 Å². The predicted molar refractivity (Wildman–Crippen MR) is 90.1 cm³/mol. The summed E-state index contributed by atoms with van der Waals surface area (Å²) < 4.78 is 43.5. The molecule has 3 heterocycles. The van der Waals surface area contributed by atoms with Crippen LogP contribution in [0.5, 0.6) is 11.6 Å². The van der Waals surface area contributed by atoms with Crippen LogP contribution in [0.25, 0.3) is 0 Å². The highest BCUT2D eigenvalue weighted by Gasteiger charge is 2.32. The van der Waals surface area contributed by atoms with Crippen LogP contribution in [0.3, 0.4) is 0 Å². The van der Waals surface area contributed by atoms with Crippen molar-refractivity contribution in [1.82, 2.24) is 19.9 Å². The lowest BCUT2D eigenvalue weighted by Crippen LogP contribution is -2.29. The second-order valence-electron chi connectivity index (χ2n) is 6.01. The van der Waals surface area contributed by atoms with Crippen molar-refractivity contribution in [2.75, 3.05) is 13.1 Å². The summed E-state index contributed by atoms with van der Waals surface area (Å²) in [5, 5.41) is 0.